The lowest BCUT2D eigenvalue weighted by Gasteiger charge is -2.04. The zero-order valence-electron chi connectivity index (χ0n) is 9.77. The number of aromatic nitrogens is 2. The predicted molar refractivity (Wildman–Crippen MR) is 65.2 cm³/mol. The van der Waals surface area contributed by atoms with Crippen LogP contribution < -0.4 is 5.32 Å². The molecule has 0 radical (unpaired) electrons. The Kier molecular flexibility index (Phi) is 3.37. The van der Waals surface area contributed by atoms with Crippen LogP contribution in [-0.2, 0) is 20.0 Å². The molecule has 0 aliphatic rings. The third kappa shape index (κ3) is 2.49. The molecule has 2 aromatic rings. The molecule has 16 heavy (non-hydrogen) atoms. The van der Waals surface area contributed by atoms with Crippen LogP contribution >= 0.6 is 0 Å². The van der Waals surface area contributed by atoms with Crippen LogP contribution in [0.4, 0.5) is 0 Å². The normalized spacial score (nSPS) is 10.6. The van der Waals surface area contributed by atoms with Gasteiger partial charge in [-0.15, -0.1) is 0 Å². The second-order valence-corrected chi connectivity index (χ2v) is 3.98. The summed E-state index contributed by atoms with van der Waals surface area (Å²) in [7, 11) is 3.99. The van der Waals surface area contributed by atoms with Gasteiger partial charge in [0.15, 0.2) is 0 Å². The third-order valence-electron chi connectivity index (χ3n) is 2.69. The number of imidazole rings is 1. The van der Waals surface area contributed by atoms with Crippen LogP contribution in [0, 0.1) is 0 Å². The van der Waals surface area contributed by atoms with Crippen molar-refractivity contribution in [2.75, 3.05) is 7.05 Å². The lowest BCUT2D eigenvalue weighted by Crippen LogP contribution is -2.05. The summed E-state index contributed by atoms with van der Waals surface area (Å²) in [6.07, 6.45) is 4.71. The van der Waals surface area contributed by atoms with Gasteiger partial charge in [-0.2, -0.15) is 0 Å². The molecule has 0 amide bonds. The van der Waals surface area contributed by atoms with Gasteiger partial charge in [-0.05, 0) is 18.2 Å². The molecule has 3 heteroatoms. The Labute approximate surface area is 96.1 Å². The average Bonchev–Trinajstić information content (AvgIpc) is 2.68. The van der Waals surface area contributed by atoms with E-state index in [1.165, 1.54) is 11.1 Å². The van der Waals surface area contributed by atoms with Crippen molar-refractivity contribution >= 4 is 0 Å². The maximum absolute atomic E-state index is 4.32. The summed E-state index contributed by atoms with van der Waals surface area (Å²) >= 11 is 0. The van der Waals surface area contributed by atoms with Gasteiger partial charge in [0, 0.05) is 32.4 Å². The van der Waals surface area contributed by atoms with Gasteiger partial charge in [0.25, 0.3) is 0 Å². The molecule has 1 N–H and O–H groups in total. The number of nitrogens with zero attached hydrogens (tertiary/aromatic N) is 2. The van der Waals surface area contributed by atoms with Crippen LogP contribution in [0.1, 0.15) is 17.0 Å². The van der Waals surface area contributed by atoms with Crippen molar-refractivity contribution in [1.82, 2.24) is 14.9 Å². The fourth-order valence-electron chi connectivity index (χ4n) is 1.73. The molecule has 0 atom stereocenters. The van der Waals surface area contributed by atoms with E-state index in [2.05, 4.69) is 39.1 Å². The summed E-state index contributed by atoms with van der Waals surface area (Å²) in [6, 6.07) is 8.66. The highest BCUT2D eigenvalue weighted by Crippen LogP contribution is 2.09. The van der Waals surface area contributed by atoms with Gasteiger partial charge in [0.05, 0.1) is 0 Å². The predicted octanol–water partition coefficient (Wildman–Crippen LogP) is 1.73. The van der Waals surface area contributed by atoms with E-state index in [0.717, 1.165) is 18.8 Å². The van der Waals surface area contributed by atoms with E-state index in [4.69, 9.17) is 0 Å². The zero-order valence-corrected chi connectivity index (χ0v) is 9.77. The minimum Gasteiger partial charge on any atom is -0.338 e. The van der Waals surface area contributed by atoms with Crippen LogP contribution in [0.3, 0.4) is 0 Å². The van der Waals surface area contributed by atoms with E-state index in [-0.39, 0.29) is 0 Å². The van der Waals surface area contributed by atoms with Gasteiger partial charge >= 0.3 is 0 Å². The second kappa shape index (κ2) is 4.94. The molecule has 84 valence electrons. The first kappa shape index (κ1) is 10.9. The number of benzene rings is 1. The Bertz CT molecular complexity index is 442. The number of aryl methyl sites for hydroxylation is 1. The Morgan fingerprint density at radius 2 is 1.88 bits per heavy atom. The third-order valence-corrected chi connectivity index (χ3v) is 2.69. The van der Waals surface area contributed by atoms with Crippen molar-refractivity contribution in [3.05, 3.63) is 53.6 Å². The summed E-state index contributed by atoms with van der Waals surface area (Å²) < 4.78 is 2.06. The number of rotatable bonds is 4. The summed E-state index contributed by atoms with van der Waals surface area (Å²) in [4.78, 5) is 4.32. The molecule has 0 spiro atoms. The molecule has 1 heterocycles. The first-order chi connectivity index (χ1) is 7.79. The van der Waals surface area contributed by atoms with Gasteiger partial charge < -0.3 is 9.88 Å². The summed E-state index contributed by atoms with van der Waals surface area (Å²) in [5.41, 5.74) is 2.61. The number of hydrogen-bond donors (Lipinski definition) is 1. The zero-order chi connectivity index (χ0) is 11.4. The van der Waals surface area contributed by atoms with Crippen LogP contribution in [0.15, 0.2) is 36.7 Å². The van der Waals surface area contributed by atoms with E-state index in [1.807, 2.05) is 26.5 Å². The summed E-state index contributed by atoms with van der Waals surface area (Å²) in [5, 5.41) is 3.14. The maximum atomic E-state index is 4.32. The van der Waals surface area contributed by atoms with Crippen LogP contribution in [0.5, 0.6) is 0 Å². The topological polar surface area (TPSA) is 29.9 Å². The summed E-state index contributed by atoms with van der Waals surface area (Å²) in [6.45, 7) is 0.919. The van der Waals surface area contributed by atoms with E-state index in [1.54, 1.807) is 0 Å². The minimum absolute atomic E-state index is 0.892. The van der Waals surface area contributed by atoms with Crippen molar-refractivity contribution < 1.29 is 0 Å². The Hall–Kier alpha value is -1.61. The fraction of sp³-hybridized carbons (Fsp3) is 0.308. The first-order valence-electron chi connectivity index (χ1n) is 5.48. The molecule has 3 nitrogen and oxygen atoms in total. The van der Waals surface area contributed by atoms with Crippen LogP contribution in [0.25, 0.3) is 0 Å². The standard InChI is InChI=1S/C13H17N3/c1-14-10-12-5-3-11(4-6-12)9-13-15-7-8-16(13)2/h3-8,14H,9-10H2,1-2H3. The van der Waals surface area contributed by atoms with Crippen LogP contribution in [0.2, 0.25) is 0 Å². The fourth-order valence-corrected chi connectivity index (χ4v) is 1.73. The highest BCUT2D eigenvalue weighted by Gasteiger charge is 2.01. The van der Waals surface area contributed by atoms with Crippen LogP contribution in [-0.4, -0.2) is 16.6 Å². The SMILES string of the molecule is CNCc1ccc(Cc2nccn2C)cc1. The van der Waals surface area contributed by atoms with E-state index >= 15 is 0 Å². The van der Waals surface area contributed by atoms with E-state index < -0.39 is 0 Å². The molecule has 0 bridgehead atoms. The first-order valence-corrected chi connectivity index (χ1v) is 5.48. The Balaban J connectivity index is 2.08. The molecule has 1 aromatic heterocycles. The number of hydrogen-bond acceptors (Lipinski definition) is 2. The largest absolute Gasteiger partial charge is 0.338 e. The smallest absolute Gasteiger partial charge is 0.112 e. The van der Waals surface area contributed by atoms with Crippen molar-refractivity contribution in [2.45, 2.75) is 13.0 Å². The molecule has 0 unspecified atom stereocenters. The van der Waals surface area contributed by atoms with Gasteiger partial charge in [-0.25, -0.2) is 4.98 Å². The van der Waals surface area contributed by atoms with Crippen molar-refractivity contribution in [3.63, 3.8) is 0 Å². The van der Waals surface area contributed by atoms with Gasteiger partial charge in [0.2, 0.25) is 0 Å². The molecule has 1 aromatic carbocycles. The average molecular weight is 215 g/mol. The molecular formula is C13H17N3. The van der Waals surface area contributed by atoms with Crippen molar-refractivity contribution in [2.24, 2.45) is 7.05 Å². The van der Waals surface area contributed by atoms with E-state index in [9.17, 15) is 0 Å². The van der Waals surface area contributed by atoms with Crippen molar-refractivity contribution in [1.29, 1.82) is 0 Å². The second-order valence-electron chi connectivity index (χ2n) is 3.98. The van der Waals surface area contributed by atoms with Gasteiger partial charge in [-0.3, -0.25) is 0 Å². The quantitative estimate of drug-likeness (QED) is 0.841. The Morgan fingerprint density at radius 3 is 2.44 bits per heavy atom. The monoisotopic (exact) mass is 215 g/mol. The molecule has 0 fully saturated rings. The molecule has 2 rings (SSSR count). The van der Waals surface area contributed by atoms with E-state index in [0.29, 0.717) is 0 Å². The van der Waals surface area contributed by atoms with Gasteiger partial charge in [-0.1, -0.05) is 24.3 Å². The molecule has 0 saturated carbocycles. The highest BCUT2D eigenvalue weighted by atomic mass is 15.0. The number of nitrogens with one attached hydrogen (secondary N) is 1. The van der Waals surface area contributed by atoms with Gasteiger partial charge in [0.1, 0.15) is 5.82 Å². The molecule has 0 aliphatic carbocycles. The molecular weight excluding hydrogens is 198 g/mol. The Morgan fingerprint density at radius 1 is 1.19 bits per heavy atom. The maximum Gasteiger partial charge on any atom is 0.112 e. The summed E-state index contributed by atoms with van der Waals surface area (Å²) in [5.74, 6) is 1.10. The van der Waals surface area contributed by atoms with Crippen molar-refractivity contribution in [3.8, 4) is 0 Å². The lowest BCUT2D eigenvalue weighted by atomic mass is 10.1. The minimum atomic E-state index is 0.892. The highest BCUT2D eigenvalue weighted by molar-refractivity contribution is 5.24. The molecule has 0 saturated heterocycles. The lowest BCUT2D eigenvalue weighted by molar-refractivity contribution is 0.811. The molecule has 0 aliphatic heterocycles.